The maximum atomic E-state index is 15.2. The lowest BCUT2D eigenvalue weighted by atomic mass is 9.84. The highest BCUT2D eigenvalue weighted by Gasteiger charge is 2.44. The van der Waals surface area contributed by atoms with E-state index in [1.54, 1.807) is 72.7 Å². The molecule has 0 aromatic heterocycles. The molecule has 0 fully saturated rings. The summed E-state index contributed by atoms with van der Waals surface area (Å²) in [6.07, 6.45) is -0.617. The summed E-state index contributed by atoms with van der Waals surface area (Å²) in [5, 5.41) is 2.74. The average molecular weight is 678 g/mol. The van der Waals surface area contributed by atoms with Crippen LogP contribution in [-0.4, -0.2) is 58.5 Å². The molecule has 1 aliphatic heterocycles. The predicted octanol–water partition coefficient (Wildman–Crippen LogP) is 6.73. The number of fused-ring (bicyclic) bond motifs is 1. The molecule has 3 aromatic rings. The van der Waals surface area contributed by atoms with Crippen molar-refractivity contribution in [2.75, 3.05) is 7.11 Å². The minimum Gasteiger partial charge on any atom is -0.465 e. The van der Waals surface area contributed by atoms with Crippen molar-refractivity contribution in [3.8, 4) is 0 Å². The maximum absolute atomic E-state index is 15.2. The van der Waals surface area contributed by atoms with Gasteiger partial charge < -0.3 is 24.6 Å². The molecule has 0 aliphatic carbocycles. The van der Waals surface area contributed by atoms with E-state index in [2.05, 4.69) is 5.32 Å². The van der Waals surface area contributed by atoms with Crippen LogP contribution in [0.15, 0.2) is 66.7 Å². The van der Waals surface area contributed by atoms with Crippen LogP contribution in [0.2, 0.25) is 0 Å². The van der Waals surface area contributed by atoms with Gasteiger partial charge >= 0.3 is 12.1 Å². The molecular weight excluding hydrogens is 632 g/mol. The number of amides is 3. The minimum atomic E-state index is -1.08. The Hall–Kier alpha value is -4.80. The van der Waals surface area contributed by atoms with Crippen molar-refractivity contribution in [1.82, 2.24) is 15.1 Å². The van der Waals surface area contributed by atoms with E-state index < -0.39 is 64.7 Å². The number of hydrogen-bond acceptors (Lipinski definition) is 6. The highest BCUT2D eigenvalue weighted by molar-refractivity contribution is 5.93. The van der Waals surface area contributed by atoms with E-state index in [-0.39, 0.29) is 25.1 Å². The normalized spacial score (nSPS) is 15.8. The van der Waals surface area contributed by atoms with E-state index in [0.717, 1.165) is 17.2 Å². The van der Waals surface area contributed by atoms with Crippen molar-refractivity contribution >= 4 is 23.9 Å². The Kier molecular flexibility index (Phi) is 11.2. The molecule has 1 N–H and O–H groups in total. The number of hydrogen-bond donors (Lipinski definition) is 1. The molecule has 0 spiro atoms. The summed E-state index contributed by atoms with van der Waals surface area (Å²) in [5.74, 6) is -3.65. The lowest BCUT2D eigenvalue weighted by Crippen LogP contribution is -2.61. The van der Waals surface area contributed by atoms with E-state index >= 15 is 4.39 Å². The number of carbonyl (C=O) groups excluding carboxylic acids is 4. The molecule has 3 aromatic carbocycles. The standard InChI is InChI=1S/C38H45F2N3O6/c1-23(28-14-11-15-29(39)31(28)40)42(21-24-16-18-25(19-17-24)35(46)48-8)33(44)30-20-26-12-9-10-13-27(26)22-43(30)34(45)32(37(2,3)4)41-36(47)49-38(5,6)7/h9-19,23,30,32H,20-22H2,1-8H3,(H,41,47)/t23-,30+,32-/m1/s1. The first kappa shape index (κ1) is 37.0. The second-order valence-electron chi connectivity index (χ2n) is 14.4. The first-order valence-corrected chi connectivity index (χ1v) is 16.2. The molecule has 9 nitrogen and oxygen atoms in total. The Morgan fingerprint density at radius 1 is 0.918 bits per heavy atom. The van der Waals surface area contributed by atoms with Crippen molar-refractivity contribution in [2.45, 2.75) is 91.7 Å². The fourth-order valence-electron chi connectivity index (χ4n) is 5.88. The Morgan fingerprint density at radius 3 is 2.14 bits per heavy atom. The first-order valence-electron chi connectivity index (χ1n) is 16.2. The average Bonchev–Trinajstić information content (AvgIpc) is 3.04. The van der Waals surface area contributed by atoms with E-state index in [1.807, 2.05) is 24.3 Å². The summed E-state index contributed by atoms with van der Waals surface area (Å²) in [6.45, 7) is 12.2. The Bertz CT molecular complexity index is 1700. The van der Waals surface area contributed by atoms with Gasteiger partial charge in [0.2, 0.25) is 11.8 Å². The topological polar surface area (TPSA) is 105 Å². The van der Waals surface area contributed by atoms with Crippen molar-refractivity contribution in [3.63, 3.8) is 0 Å². The van der Waals surface area contributed by atoms with Gasteiger partial charge in [-0.25, -0.2) is 18.4 Å². The molecule has 1 heterocycles. The number of methoxy groups -OCH3 is 1. The van der Waals surface area contributed by atoms with Crippen LogP contribution >= 0.6 is 0 Å². The molecule has 49 heavy (non-hydrogen) atoms. The van der Waals surface area contributed by atoms with Gasteiger partial charge in [-0.1, -0.05) is 69.3 Å². The number of ether oxygens (including phenoxy) is 2. The van der Waals surface area contributed by atoms with E-state index in [9.17, 15) is 23.6 Å². The molecule has 1 aliphatic rings. The summed E-state index contributed by atoms with van der Waals surface area (Å²) in [4.78, 5) is 57.3. The highest BCUT2D eigenvalue weighted by atomic mass is 19.2. The predicted molar refractivity (Wildman–Crippen MR) is 180 cm³/mol. The van der Waals surface area contributed by atoms with Gasteiger partial charge in [-0.2, -0.15) is 0 Å². The molecule has 0 saturated heterocycles. The van der Waals surface area contributed by atoms with Crippen LogP contribution in [0.1, 0.15) is 87.1 Å². The first-order chi connectivity index (χ1) is 22.9. The van der Waals surface area contributed by atoms with Gasteiger partial charge in [-0.3, -0.25) is 9.59 Å². The van der Waals surface area contributed by atoms with Crippen molar-refractivity contribution in [2.24, 2.45) is 5.41 Å². The third kappa shape index (κ3) is 8.82. The van der Waals surface area contributed by atoms with Gasteiger partial charge in [0.05, 0.1) is 18.7 Å². The van der Waals surface area contributed by atoms with Crippen LogP contribution in [0.25, 0.3) is 0 Å². The Labute approximate surface area is 286 Å². The SMILES string of the molecule is COC(=O)c1ccc(CN(C(=O)[C@@H]2Cc3ccccc3CN2C(=O)[C@@H](NC(=O)OC(C)(C)C)C(C)(C)C)[C@H](C)c2cccc(F)c2F)cc1. The van der Waals surface area contributed by atoms with Gasteiger partial charge in [0, 0.05) is 25.1 Å². The third-order valence-corrected chi connectivity index (χ3v) is 8.50. The van der Waals surface area contributed by atoms with Crippen LogP contribution in [0.4, 0.5) is 13.6 Å². The van der Waals surface area contributed by atoms with E-state index in [4.69, 9.17) is 9.47 Å². The number of esters is 1. The van der Waals surface area contributed by atoms with E-state index in [1.165, 1.54) is 29.0 Å². The second kappa shape index (κ2) is 14.8. The number of carbonyl (C=O) groups is 4. The van der Waals surface area contributed by atoms with Gasteiger partial charge in [-0.15, -0.1) is 0 Å². The van der Waals surface area contributed by atoms with Crippen LogP contribution < -0.4 is 5.32 Å². The highest BCUT2D eigenvalue weighted by Crippen LogP contribution is 2.33. The molecule has 11 heteroatoms. The molecule has 262 valence electrons. The largest absolute Gasteiger partial charge is 0.465 e. The van der Waals surface area contributed by atoms with Crippen LogP contribution in [-0.2, 0) is 38.6 Å². The number of halogens is 2. The molecular formula is C38H45F2N3O6. The fraction of sp³-hybridized carbons (Fsp3) is 0.421. The quantitative estimate of drug-likeness (QED) is 0.265. The molecule has 0 radical (unpaired) electrons. The smallest absolute Gasteiger partial charge is 0.408 e. The van der Waals surface area contributed by atoms with Crippen LogP contribution in [0, 0.1) is 17.0 Å². The fourth-order valence-corrected chi connectivity index (χ4v) is 5.88. The summed E-state index contributed by atoms with van der Waals surface area (Å²) in [5.41, 5.74) is 1.00. The molecule has 0 unspecified atom stereocenters. The Balaban J connectivity index is 1.79. The number of nitrogens with one attached hydrogen (secondary N) is 1. The third-order valence-electron chi connectivity index (χ3n) is 8.50. The summed E-state index contributed by atoms with van der Waals surface area (Å²) >= 11 is 0. The number of benzene rings is 3. The molecule has 0 bridgehead atoms. The molecule has 4 rings (SSSR count). The van der Waals surface area contributed by atoms with Crippen molar-refractivity contribution in [1.29, 1.82) is 0 Å². The second-order valence-corrected chi connectivity index (χ2v) is 14.4. The maximum Gasteiger partial charge on any atom is 0.408 e. The summed E-state index contributed by atoms with van der Waals surface area (Å²) in [7, 11) is 1.27. The number of rotatable bonds is 8. The van der Waals surface area contributed by atoms with Gasteiger partial charge in [0.15, 0.2) is 11.6 Å². The van der Waals surface area contributed by atoms with Gasteiger partial charge in [-0.05, 0) is 68.0 Å². The summed E-state index contributed by atoms with van der Waals surface area (Å²) in [6, 6.07) is 14.6. The zero-order chi connectivity index (χ0) is 36.3. The van der Waals surface area contributed by atoms with Crippen LogP contribution in [0.5, 0.6) is 0 Å². The summed E-state index contributed by atoms with van der Waals surface area (Å²) < 4.78 is 40.0. The van der Waals surface area contributed by atoms with Crippen molar-refractivity contribution < 1.29 is 37.4 Å². The zero-order valence-corrected chi connectivity index (χ0v) is 29.3. The lowest BCUT2D eigenvalue weighted by molar-refractivity contribution is -0.151. The number of alkyl carbamates (subject to hydrolysis) is 1. The Morgan fingerprint density at radius 2 is 1.55 bits per heavy atom. The van der Waals surface area contributed by atoms with Crippen molar-refractivity contribution in [3.05, 3.63) is 106 Å². The van der Waals surface area contributed by atoms with Gasteiger partial charge in [0.25, 0.3) is 0 Å². The van der Waals surface area contributed by atoms with Crippen LogP contribution in [0.3, 0.4) is 0 Å². The molecule has 0 saturated carbocycles. The van der Waals surface area contributed by atoms with Gasteiger partial charge in [0.1, 0.15) is 17.7 Å². The zero-order valence-electron chi connectivity index (χ0n) is 29.3. The molecule has 3 atom stereocenters. The number of nitrogens with zero attached hydrogens (tertiary/aromatic N) is 2. The van der Waals surface area contributed by atoms with E-state index in [0.29, 0.717) is 11.1 Å². The minimum absolute atomic E-state index is 0.0345. The lowest BCUT2D eigenvalue weighted by Gasteiger charge is -2.43. The molecule has 3 amide bonds. The monoisotopic (exact) mass is 677 g/mol.